The summed E-state index contributed by atoms with van der Waals surface area (Å²) in [7, 11) is -2.23. The zero-order valence-corrected chi connectivity index (χ0v) is 22.7. The summed E-state index contributed by atoms with van der Waals surface area (Å²) in [6.45, 7) is 1.50. The van der Waals surface area contributed by atoms with Crippen molar-refractivity contribution in [1.82, 2.24) is 13.6 Å². The summed E-state index contributed by atoms with van der Waals surface area (Å²) in [5.41, 5.74) is 5.27. The summed E-state index contributed by atoms with van der Waals surface area (Å²) in [5, 5.41) is 9.62. The van der Waals surface area contributed by atoms with E-state index in [2.05, 4.69) is 16.0 Å². The molecule has 0 radical (unpaired) electrons. The van der Waals surface area contributed by atoms with Crippen molar-refractivity contribution < 1.29 is 8.42 Å². The van der Waals surface area contributed by atoms with Crippen molar-refractivity contribution in [2.24, 2.45) is 0 Å². The zero-order chi connectivity index (χ0) is 27.2. The Morgan fingerprint density at radius 2 is 1.64 bits per heavy atom. The number of hydrogen-bond donors (Lipinski definition) is 0. The Hall–Kier alpha value is -4.03. The molecule has 4 aromatic rings. The maximum Gasteiger partial charge on any atom is 0.282 e. The molecule has 1 aliphatic rings. The van der Waals surface area contributed by atoms with Crippen molar-refractivity contribution in [3.8, 4) is 6.07 Å². The minimum Gasteiger partial charge on any atom is -0.365 e. The Morgan fingerprint density at radius 3 is 2.31 bits per heavy atom. The molecule has 0 saturated carbocycles. The Labute approximate surface area is 230 Å². The molecule has 0 spiro atoms. The molecule has 0 saturated heterocycles. The van der Waals surface area contributed by atoms with Gasteiger partial charge < -0.3 is 4.90 Å². The minimum atomic E-state index is -3.87. The van der Waals surface area contributed by atoms with Crippen molar-refractivity contribution in [2.45, 2.75) is 32.1 Å². The first kappa shape index (κ1) is 26.6. The largest absolute Gasteiger partial charge is 0.365 e. The van der Waals surface area contributed by atoms with Gasteiger partial charge in [0, 0.05) is 57.3 Å². The Kier molecular flexibility index (Phi) is 8.03. The predicted octanol–water partition coefficient (Wildman–Crippen LogP) is 4.76. The molecular formula is C31H31N5O2S. The fourth-order valence-corrected chi connectivity index (χ4v) is 6.61. The van der Waals surface area contributed by atoms with Gasteiger partial charge in [-0.1, -0.05) is 66.7 Å². The third-order valence-electron chi connectivity index (χ3n) is 7.06. The molecule has 0 unspecified atom stereocenters. The fourth-order valence-electron chi connectivity index (χ4n) is 5.12. The van der Waals surface area contributed by atoms with Crippen LogP contribution in [0.4, 0.5) is 5.69 Å². The summed E-state index contributed by atoms with van der Waals surface area (Å²) in [6.07, 6.45) is 4.14. The van der Waals surface area contributed by atoms with E-state index in [1.165, 1.54) is 4.31 Å². The maximum atomic E-state index is 14.2. The van der Waals surface area contributed by atoms with Crippen LogP contribution in [0.2, 0.25) is 0 Å². The van der Waals surface area contributed by atoms with E-state index in [-0.39, 0.29) is 19.1 Å². The SMILES string of the molecule is CN(Cc1ccccc1)S(=O)(=O)N1Cc2cc(C#N)ccc2N(Cc2cccnc2)C[C@H]1Cc1ccccc1. The van der Waals surface area contributed by atoms with Gasteiger partial charge in [-0.25, -0.2) is 0 Å². The molecular weight excluding hydrogens is 506 g/mol. The standard InChI is InChI=1S/C31H31N5O2S/c1-34(21-26-11-6-3-7-12-26)39(37,38)36-23-29-17-27(19-32)14-15-31(29)35(22-28-13-8-16-33-20-28)24-30(36)18-25-9-4-2-5-10-25/h2-17,20,30H,18,21-24H2,1H3/t30-/m1/s1. The molecule has 0 fully saturated rings. The van der Waals surface area contributed by atoms with Crippen LogP contribution in [-0.2, 0) is 36.3 Å². The van der Waals surface area contributed by atoms with E-state index >= 15 is 0 Å². The first-order valence-electron chi connectivity index (χ1n) is 12.9. The quantitative estimate of drug-likeness (QED) is 0.324. The van der Waals surface area contributed by atoms with Crippen LogP contribution >= 0.6 is 0 Å². The molecule has 8 heteroatoms. The van der Waals surface area contributed by atoms with E-state index in [0.29, 0.717) is 25.1 Å². The molecule has 0 aliphatic carbocycles. The number of benzene rings is 3. The fraction of sp³-hybridized carbons (Fsp3) is 0.226. The highest BCUT2D eigenvalue weighted by atomic mass is 32.2. The molecule has 39 heavy (non-hydrogen) atoms. The van der Waals surface area contributed by atoms with E-state index in [1.807, 2.05) is 91.1 Å². The summed E-state index contributed by atoms with van der Waals surface area (Å²) in [5.74, 6) is 0. The smallest absolute Gasteiger partial charge is 0.282 e. The van der Waals surface area contributed by atoms with Crippen LogP contribution < -0.4 is 4.90 Å². The lowest BCUT2D eigenvalue weighted by atomic mass is 10.1. The summed E-state index contributed by atoms with van der Waals surface area (Å²) in [6, 6.07) is 31.0. The third-order valence-corrected chi connectivity index (χ3v) is 9.00. The highest BCUT2D eigenvalue weighted by molar-refractivity contribution is 7.86. The van der Waals surface area contributed by atoms with Crippen LogP contribution in [0.3, 0.4) is 0 Å². The highest BCUT2D eigenvalue weighted by Gasteiger charge is 2.38. The summed E-state index contributed by atoms with van der Waals surface area (Å²) < 4.78 is 31.5. The molecule has 3 aromatic carbocycles. The van der Waals surface area contributed by atoms with Crippen molar-refractivity contribution >= 4 is 15.9 Å². The van der Waals surface area contributed by atoms with E-state index in [0.717, 1.165) is 27.9 Å². The first-order valence-corrected chi connectivity index (χ1v) is 14.3. The number of nitriles is 1. The molecule has 1 atom stereocenters. The Bertz CT molecular complexity index is 1540. The second-order valence-electron chi connectivity index (χ2n) is 9.84. The molecule has 7 nitrogen and oxygen atoms in total. The number of rotatable bonds is 8. The predicted molar refractivity (Wildman–Crippen MR) is 153 cm³/mol. The minimum absolute atomic E-state index is 0.174. The summed E-state index contributed by atoms with van der Waals surface area (Å²) in [4.78, 5) is 6.49. The summed E-state index contributed by atoms with van der Waals surface area (Å²) >= 11 is 0. The number of hydrogen-bond acceptors (Lipinski definition) is 5. The lowest BCUT2D eigenvalue weighted by Crippen LogP contribution is -2.50. The van der Waals surface area contributed by atoms with Crippen LogP contribution in [0, 0.1) is 11.3 Å². The molecule has 1 aliphatic heterocycles. The monoisotopic (exact) mass is 537 g/mol. The Balaban J connectivity index is 1.57. The maximum absolute atomic E-state index is 14.2. The van der Waals surface area contributed by atoms with Crippen LogP contribution in [0.25, 0.3) is 0 Å². The van der Waals surface area contributed by atoms with Crippen LogP contribution in [-0.4, -0.2) is 41.6 Å². The Morgan fingerprint density at radius 1 is 0.949 bits per heavy atom. The first-order chi connectivity index (χ1) is 18.9. The average Bonchev–Trinajstić information content (AvgIpc) is 3.11. The van der Waals surface area contributed by atoms with Crippen LogP contribution in [0.1, 0.15) is 27.8 Å². The number of anilines is 1. The van der Waals surface area contributed by atoms with Gasteiger partial charge in [0.15, 0.2) is 0 Å². The van der Waals surface area contributed by atoms with Gasteiger partial charge in [0.05, 0.1) is 11.6 Å². The second-order valence-corrected chi connectivity index (χ2v) is 11.8. The molecule has 5 rings (SSSR count). The third kappa shape index (κ3) is 6.18. The van der Waals surface area contributed by atoms with Gasteiger partial charge in [-0.15, -0.1) is 0 Å². The molecule has 0 N–H and O–H groups in total. The van der Waals surface area contributed by atoms with Gasteiger partial charge in [0.2, 0.25) is 0 Å². The van der Waals surface area contributed by atoms with E-state index < -0.39 is 10.2 Å². The normalized spacial score (nSPS) is 15.9. The molecule has 2 heterocycles. The topological polar surface area (TPSA) is 80.5 Å². The van der Waals surface area contributed by atoms with Gasteiger partial charge >= 0.3 is 0 Å². The highest BCUT2D eigenvalue weighted by Crippen LogP contribution is 2.33. The van der Waals surface area contributed by atoms with Crippen molar-refractivity contribution in [1.29, 1.82) is 5.26 Å². The van der Waals surface area contributed by atoms with E-state index in [4.69, 9.17) is 0 Å². The number of aromatic nitrogens is 1. The molecule has 0 bridgehead atoms. The van der Waals surface area contributed by atoms with E-state index in [1.54, 1.807) is 23.6 Å². The molecule has 0 amide bonds. The lowest BCUT2D eigenvalue weighted by molar-refractivity contribution is 0.288. The van der Waals surface area contributed by atoms with Gasteiger partial charge in [0.1, 0.15) is 0 Å². The molecule has 198 valence electrons. The van der Waals surface area contributed by atoms with Crippen LogP contribution in [0.5, 0.6) is 0 Å². The number of fused-ring (bicyclic) bond motifs is 1. The van der Waals surface area contributed by atoms with Gasteiger partial charge in [-0.2, -0.15) is 22.3 Å². The van der Waals surface area contributed by atoms with Crippen molar-refractivity contribution in [3.63, 3.8) is 0 Å². The second kappa shape index (κ2) is 11.8. The van der Waals surface area contributed by atoms with E-state index in [9.17, 15) is 13.7 Å². The van der Waals surface area contributed by atoms with Gasteiger partial charge in [-0.3, -0.25) is 4.98 Å². The molecule has 1 aromatic heterocycles. The van der Waals surface area contributed by atoms with Gasteiger partial charge in [-0.05, 0) is 52.9 Å². The van der Waals surface area contributed by atoms with Crippen molar-refractivity contribution in [3.05, 3.63) is 131 Å². The van der Waals surface area contributed by atoms with Crippen molar-refractivity contribution in [2.75, 3.05) is 18.5 Å². The lowest BCUT2D eigenvalue weighted by Gasteiger charge is -2.34. The zero-order valence-electron chi connectivity index (χ0n) is 21.9. The average molecular weight is 538 g/mol. The van der Waals surface area contributed by atoms with Gasteiger partial charge in [0.25, 0.3) is 10.2 Å². The van der Waals surface area contributed by atoms with Crippen LogP contribution in [0.15, 0.2) is 103 Å². The number of nitrogens with zero attached hydrogens (tertiary/aromatic N) is 5. The number of pyridine rings is 1.